The average Bonchev–Trinajstić information content (AvgIpc) is 3.12. The van der Waals surface area contributed by atoms with Gasteiger partial charge < -0.3 is 31.1 Å². The van der Waals surface area contributed by atoms with Gasteiger partial charge in [-0.1, -0.05) is 155 Å². The van der Waals surface area contributed by atoms with E-state index < -0.39 is 80.5 Å². The van der Waals surface area contributed by atoms with E-state index in [4.69, 9.17) is 0 Å². The molecule has 362 valence electrons. The van der Waals surface area contributed by atoms with E-state index in [-0.39, 0.29) is 38.5 Å². The fourth-order valence-electron chi connectivity index (χ4n) is 13.2. The van der Waals surface area contributed by atoms with Crippen LogP contribution < -0.4 is 10.6 Å². The smallest absolute Gasteiger partial charge is 0.312 e. The Morgan fingerprint density at radius 3 is 0.823 bits per heavy atom. The molecular formula is C52H96N2O8. The van der Waals surface area contributed by atoms with Crippen LogP contribution in [0.1, 0.15) is 249 Å². The number of carboxylic acid groups (broad SMARTS) is 4. The third-order valence-electron chi connectivity index (χ3n) is 14.9. The van der Waals surface area contributed by atoms with Crippen molar-refractivity contribution in [2.75, 3.05) is 0 Å². The minimum Gasteiger partial charge on any atom is -0.481 e. The number of piperidine rings is 2. The van der Waals surface area contributed by atoms with E-state index in [9.17, 15) is 30.0 Å². The van der Waals surface area contributed by atoms with Gasteiger partial charge in [0.15, 0.2) is 0 Å². The number of nitrogens with one attached hydrogen (secondary N) is 2. The summed E-state index contributed by atoms with van der Waals surface area (Å²) in [5.41, 5.74) is -7.63. The Morgan fingerprint density at radius 2 is 0.629 bits per heavy atom. The SMILES string of the molecule is CCCCCCCCCCCCCC(C(=O)O)C(C(=O)O)(C1CC(C)(C)NC(C)(C)C1)C(C(=O)O)(C1CC(C)(C)NC(C)(C)C1)C(CCCCCCCCCCCCC)C(=O)O. The molecule has 0 aromatic carbocycles. The van der Waals surface area contributed by atoms with Gasteiger partial charge >= 0.3 is 23.9 Å². The molecule has 2 heterocycles. The fourth-order valence-corrected chi connectivity index (χ4v) is 13.2. The van der Waals surface area contributed by atoms with Crippen molar-refractivity contribution in [3.8, 4) is 0 Å². The van der Waals surface area contributed by atoms with Crippen LogP contribution in [0.15, 0.2) is 0 Å². The molecular weight excluding hydrogens is 781 g/mol. The molecule has 0 aromatic heterocycles. The van der Waals surface area contributed by atoms with Crippen molar-refractivity contribution in [2.45, 2.75) is 271 Å². The molecule has 2 rings (SSSR count). The number of rotatable bonds is 33. The van der Waals surface area contributed by atoms with Crippen LogP contribution in [0.5, 0.6) is 0 Å². The molecule has 4 unspecified atom stereocenters. The molecule has 0 amide bonds. The van der Waals surface area contributed by atoms with Crippen LogP contribution >= 0.6 is 0 Å². The zero-order valence-electron chi connectivity index (χ0n) is 41.5. The molecule has 2 aliphatic rings. The van der Waals surface area contributed by atoms with Gasteiger partial charge in [0.2, 0.25) is 0 Å². The van der Waals surface area contributed by atoms with Gasteiger partial charge in [0.05, 0.1) is 11.8 Å². The van der Waals surface area contributed by atoms with Crippen molar-refractivity contribution in [3.05, 3.63) is 0 Å². The van der Waals surface area contributed by atoms with Crippen molar-refractivity contribution < 1.29 is 39.6 Å². The molecule has 4 atom stereocenters. The molecule has 2 aliphatic heterocycles. The van der Waals surface area contributed by atoms with E-state index in [1.165, 1.54) is 64.2 Å². The van der Waals surface area contributed by atoms with Crippen molar-refractivity contribution >= 4 is 23.9 Å². The van der Waals surface area contributed by atoms with Crippen LogP contribution in [0, 0.1) is 34.5 Å². The molecule has 0 saturated carbocycles. The molecule has 0 bridgehead atoms. The minimum atomic E-state index is -2.45. The quantitative estimate of drug-likeness (QED) is 0.0348. The van der Waals surface area contributed by atoms with Gasteiger partial charge in [-0.2, -0.15) is 0 Å². The van der Waals surface area contributed by atoms with Crippen LogP contribution in [0.3, 0.4) is 0 Å². The third-order valence-corrected chi connectivity index (χ3v) is 14.9. The largest absolute Gasteiger partial charge is 0.481 e. The number of aliphatic carboxylic acids is 4. The predicted octanol–water partition coefficient (Wildman–Crippen LogP) is 13.0. The standard InChI is InChI=1S/C52H96N2O8/c1-11-13-15-17-19-21-23-25-27-29-31-33-41(43(55)56)51(45(59)60,39-35-47(3,4)53-48(5,6)36-39)52(46(61)62,40-37-49(7,8)54-50(9,10)38-40)42(44(57)58)34-32-30-28-26-24-22-20-18-16-14-12-2/h39-42,53-54H,11-38H2,1-10H3,(H,55,56)(H,57,58)(H,59,60)(H,61,62). The molecule has 0 aliphatic carbocycles. The summed E-state index contributed by atoms with van der Waals surface area (Å²) in [7, 11) is 0. The Hall–Kier alpha value is -2.20. The van der Waals surface area contributed by atoms with Crippen LogP contribution in [0.2, 0.25) is 0 Å². The second kappa shape index (κ2) is 25.5. The van der Waals surface area contributed by atoms with Gasteiger partial charge in [-0.3, -0.25) is 19.2 Å². The lowest BCUT2D eigenvalue weighted by molar-refractivity contribution is -0.226. The monoisotopic (exact) mass is 877 g/mol. The van der Waals surface area contributed by atoms with E-state index in [1.54, 1.807) is 0 Å². The maximum absolute atomic E-state index is 15.0. The van der Waals surface area contributed by atoms with Crippen LogP contribution in [0.4, 0.5) is 0 Å². The fraction of sp³-hybridized carbons (Fsp3) is 0.923. The highest BCUT2D eigenvalue weighted by Gasteiger charge is 2.77. The Kier molecular flexibility index (Phi) is 23.0. The summed E-state index contributed by atoms with van der Waals surface area (Å²) in [6, 6.07) is 0. The second-order valence-electron chi connectivity index (χ2n) is 22.8. The minimum absolute atomic E-state index is 0.0268. The van der Waals surface area contributed by atoms with Crippen molar-refractivity contribution in [2.24, 2.45) is 34.5 Å². The Morgan fingerprint density at radius 1 is 0.419 bits per heavy atom. The third kappa shape index (κ3) is 15.8. The summed E-state index contributed by atoms with van der Waals surface area (Å²) >= 11 is 0. The summed E-state index contributed by atoms with van der Waals surface area (Å²) in [5, 5.41) is 54.8. The molecule has 2 fully saturated rings. The van der Waals surface area contributed by atoms with E-state index in [0.29, 0.717) is 25.7 Å². The first-order valence-corrected chi connectivity index (χ1v) is 25.5. The van der Waals surface area contributed by atoms with Crippen LogP contribution in [-0.4, -0.2) is 66.5 Å². The number of carboxylic acids is 4. The molecule has 10 nitrogen and oxygen atoms in total. The molecule has 6 N–H and O–H groups in total. The van der Waals surface area contributed by atoms with Gasteiger partial charge in [0.1, 0.15) is 10.8 Å². The normalized spacial score (nSPS) is 21.6. The average molecular weight is 877 g/mol. The molecule has 62 heavy (non-hydrogen) atoms. The van der Waals surface area contributed by atoms with Crippen LogP contribution in [-0.2, 0) is 19.2 Å². The van der Waals surface area contributed by atoms with Crippen LogP contribution in [0.25, 0.3) is 0 Å². The second-order valence-corrected chi connectivity index (χ2v) is 22.8. The number of unbranched alkanes of at least 4 members (excludes halogenated alkanes) is 20. The summed E-state index contributed by atoms with van der Waals surface area (Å²) in [4.78, 5) is 58.4. The van der Waals surface area contributed by atoms with E-state index >= 15 is 9.59 Å². The van der Waals surface area contributed by atoms with E-state index in [1.807, 2.05) is 55.4 Å². The summed E-state index contributed by atoms with van der Waals surface area (Å²) < 4.78 is 0. The molecule has 0 aromatic rings. The molecule has 0 radical (unpaired) electrons. The van der Waals surface area contributed by atoms with Gasteiger partial charge in [-0.25, -0.2) is 0 Å². The maximum atomic E-state index is 15.0. The first-order valence-electron chi connectivity index (χ1n) is 25.5. The van der Waals surface area contributed by atoms with Gasteiger partial charge in [-0.05, 0) is 106 Å². The Bertz CT molecular complexity index is 1240. The van der Waals surface area contributed by atoms with Crippen molar-refractivity contribution in [3.63, 3.8) is 0 Å². The Labute approximate surface area is 378 Å². The van der Waals surface area contributed by atoms with Gasteiger partial charge in [0, 0.05) is 22.2 Å². The molecule has 2 saturated heterocycles. The zero-order chi connectivity index (χ0) is 46.8. The van der Waals surface area contributed by atoms with E-state index in [2.05, 4.69) is 24.5 Å². The first-order chi connectivity index (χ1) is 29.0. The Balaban J connectivity index is 2.78. The molecule has 10 heteroatoms. The highest BCUT2D eigenvalue weighted by Crippen LogP contribution is 2.67. The van der Waals surface area contributed by atoms with Gasteiger partial charge in [0.25, 0.3) is 0 Å². The first kappa shape index (κ1) is 55.9. The molecule has 0 spiro atoms. The summed E-state index contributed by atoms with van der Waals surface area (Å²) in [6.07, 6.45) is 23.6. The zero-order valence-corrected chi connectivity index (χ0v) is 41.5. The maximum Gasteiger partial charge on any atom is 0.312 e. The number of hydrogen-bond donors (Lipinski definition) is 6. The van der Waals surface area contributed by atoms with Crippen molar-refractivity contribution in [1.29, 1.82) is 0 Å². The highest BCUT2D eigenvalue weighted by atomic mass is 16.4. The van der Waals surface area contributed by atoms with Gasteiger partial charge in [-0.15, -0.1) is 0 Å². The summed E-state index contributed by atoms with van der Waals surface area (Å²) in [6.45, 7) is 20.1. The van der Waals surface area contributed by atoms with Crippen molar-refractivity contribution in [1.82, 2.24) is 10.6 Å². The van der Waals surface area contributed by atoms with E-state index in [0.717, 1.165) is 51.4 Å². The lowest BCUT2D eigenvalue weighted by atomic mass is 9.39. The highest BCUT2D eigenvalue weighted by molar-refractivity contribution is 5.95. The predicted molar refractivity (Wildman–Crippen MR) is 253 cm³/mol. The summed E-state index contributed by atoms with van der Waals surface area (Å²) in [5.74, 6) is -10.8. The lowest BCUT2D eigenvalue weighted by Gasteiger charge is -2.63. The lowest BCUT2D eigenvalue weighted by Crippen LogP contribution is -2.73. The number of carbonyl (C=O) groups is 4. The number of hydrogen-bond acceptors (Lipinski definition) is 6. The topological polar surface area (TPSA) is 173 Å².